The van der Waals surface area contributed by atoms with Crippen LogP contribution in [0.25, 0.3) is 11.1 Å². The van der Waals surface area contributed by atoms with Gasteiger partial charge in [-0.15, -0.1) is 0 Å². The van der Waals surface area contributed by atoms with E-state index >= 15 is 0 Å². The Balaban J connectivity index is 1.36. The summed E-state index contributed by atoms with van der Waals surface area (Å²) in [6.07, 6.45) is 0. The van der Waals surface area contributed by atoms with Crippen LogP contribution in [0.15, 0.2) is 82.6 Å². The van der Waals surface area contributed by atoms with Crippen molar-refractivity contribution in [2.45, 2.75) is 9.79 Å². The maximum Gasteiger partial charge on any atom is 0.265 e. The molecule has 0 bridgehead atoms. The molecular weight excluding hydrogens is 493 g/mol. The molecule has 0 saturated carbocycles. The van der Waals surface area contributed by atoms with E-state index in [1.165, 1.54) is 39.5 Å². The molecule has 0 aliphatic carbocycles. The van der Waals surface area contributed by atoms with Gasteiger partial charge in [0.25, 0.3) is 10.0 Å². The third-order valence-electron chi connectivity index (χ3n) is 6.22. The molecular formula is C24H22FN3O5S2. The summed E-state index contributed by atoms with van der Waals surface area (Å²) in [7, 11) is -7.74. The fourth-order valence-electron chi connectivity index (χ4n) is 4.42. The van der Waals surface area contributed by atoms with Crippen molar-refractivity contribution in [1.29, 1.82) is 0 Å². The van der Waals surface area contributed by atoms with Crippen LogP contribution in [-0.4, -0.2) is 64.7 Å². The first-order valence-corrected chi connectivity index (χ1v) is 13.8. The minimum Gasteiger partial charge on any atom is -0.338 e. The molecule has 3 aromatic carbocycles. The number of nitrogens with zero attached hydrogens (tertiary/aromatic N) is 3. The number of anilines is 1. The van der Waals surface area contributed by atoms with E-state index in [9.17, 15) is 26.0 Å². The van der Waals surface area contributed by atoms with E-state index in [-0.39, 0.29) is 41.7 Å². The monoisotopic (exact) mass is 515 g/mol. The van der Waals surface area contributed by atoms with Crippen LogP contribution in [0.1, 0.15) is 0 Å². The van der Waals surface area contributed by atoms with Crippen LogP contribution in [0.4, 0.5) is 10.1 Å². The number of fused-ring (bicyclic) bond motifs is 3. The van der Waals surface area contributed by atoms with Crippen molar-refractivity contribution in [3.63, 3.8) is 0 Å². The van der Waals surface area contributed by atoms with Crippen LogP contribution in [0.3, 0.4) is 0 Å². The second kappa shape index (κ2) is 8.74. The highest BCUT2D eigenvalue weighted by Crippen LogP contribution is 2.43. The molecule has 11 heteroatoms. The maximum atomic E-state index is 14.0. The van der Waals surface area contributed by atoms with Gasteiger partial charge in [0.1, 0.15) is 12.4 Å². The Morgan fingerprint density at radius 3 is 2.23 bits per heavy atom. The highest BCUT2D eigenvalue weighted by atomic mass is 32.2. The van der Waals surface area contributed by atoms with Crippen LogP contribution in [-0.2, 0) is 24.8 Å². The summed E-state index contributed by atoms with van der Waals surface area (Å²) in [6.45, 7) is -0.0152. The molecule has 2 aliphatic rings. The number of piperazine rings is 1. The fourth-order valence-corrected chi connectivity index (χ4v) is 7.50. The number of hydrogen-bond donors (Lipinski definition) is 0. The molecule has 1 fully saturated rings. The van der Waals surface area contributed by atoms with Crippen LogP contribution in [0.2, 0.25) is 0 Å². The molecule has 0 N–H and O–H groups in total. The van der Waals surface area contributed by atoms with Crippen LogP contribution in [0, 0.1) is 5.82 Å². The lowest BCUT2D eigenvalue weighted by Gasteiger charge is -2.36. The first kappa shape index (κ1) is 23.5. The Morgan fingerprint density at radius 1 is 0.857 bits per heavy atom. The van der Waals surface area contributed by atoms with Gasteiger partial charge >= 0.3 is 0 Å². The summed E-state index contributed by atoms with van der Waals surface area (Å²) in [5.74, 6) is -0.972. The Hall–Kier alpha value is -3.28. The average molecular weight is 516 g/mol. The molecule has 1 saturated heterocycles. The van der Waals surface area contributed by atoms with E-state index in [0.29, 0.717) is 11.1 Å². The van der Waals surface area contributed by atoms with E-state index in [2.05, 4.69) is 0 Å². The summed E-state index contributed by atoms with van der Waals surface area (Å²) < 4.78 is 68.8. The molecule has 3 aromatic rings. The van der Waals surface area contributed by atoms with E-state index in [0.717, 1.165) is 10.4 Å². The zero-order chi connectivity index (χ0) is 24.8. The zero-order valence-corrected chi connectivity index (χ0v) is 20.2. The lowest BCUT2D eigenvalue weighted by molar-refractivity contribution is -0.130. The fraction of sp³-hybridized carbons (Fsp3) is 0.208. The Morgan fingerprint density at radius 2 is 1.51 bits per heavy atom. The molecule has 0 unspecified atom stereocenters. The van der Waals surface area contributed by atoms with Gasteiger partial charge in [0.15, 0.2) is 0 Å². The summed E-state index contributed by atoms with van der Waals surface area (Å²) >= 11 is 0. The van der Waals surface area contributed by atoms with Gasteiger partial charge in [-0.3, -0.25) is 9.10 Å². The average Bonchev–Trinajstić information content (AvgIpc) is 2.87. The second-order valence-corrected chi connectivity index (χ2v) is 12.0. The highest BCUT2D eigenvalue weighted by Gasteiger charge is 2.38. The van der Waals surface area contributed by atoms with Gasteiger partial charge in [-0.05, 0) is 36.4 Å². The van der Waals surface area contributed by atoms with Gasteiger partial charge in [-0.2, -0.15) is 4.31 Å². The van der Waals surface area contributed by atoms with Gasteiger partial charge in [0.2, 0.25) is 15.9 Å². The van der Waals surface area contributed by atoms with Crippen molar-refractivity contribution in [1.82, 2.24) is 9.21 Å². The molecule has 35 heavy (non-hydrogen) atoms. The van der Waals surface area contributed by atoms with E-state index < -0.39 is 38.3 Å². The molecule has 0 aromatic heterocycles. The lowest BCUT2D eigenvalue weighted by atomic mass is 10.0. The number of rotatable bonds is 4. The molecule has 0 atom stereocenters. The second-order valence-electron chi connectivity index (χ2n) is 8.27. The summed E-state index contributed by atoms with van der Waals surface area (Å²) in [5, 5.41) is 0. The smallest absolute Gasteiger partial charge is 0.265 e. The number of halogens is 1. The summed E-state index contributed by atoms with van der Waals surface area (Å²) in [5.41, 5.74) is 0.996. The number of sulfonamides is 2. The normalized spacial score (nSPS) is 17.5. The Labute approximate surface area is 203 Å². The quantitative estimate of drug-likeness (QED) is 0.532. The third-order valence-corrected chi connectivity index (χ3v) is 9.95. The predicted octanol–water partition coefficient (Wildman–Crippen LogP) is 2.53. The standard InChI is InChI=1S/C24H22FN3O5S2/c25-18-10-11-22-21(16-18)20-8-4-5-9-23(20)35(32,33)28(22)17-24(29)26-12-14-27(15-13-26)34(30,31)19-6-2-1-3-7-19/h1-11,16H,12-15,17H2. The molecule has 182 valence electrons. The van der Waals surface area contributed by atoms with E-state index in [4.69, 9.17) is 0 Å². The highest BCUT2D eigenvalue weighted by molar-refractivity contribution is 7.93. The van der Waals surface area contributed by atoms with Gasteiger partial charge in [-0.25, -0.2) is 21.2 Å². The van der Waals surface area contributed by atoms with Gasteiger partial charge in [0.05, 0.1) is 15.5 Å². The van der Waals surface area contributed by atoms with Crippen molar-refractivity contribution in [3.8, 4) is 11.1 Å². The number of amides is 1. The number of carbonyl (C=O) groups is 1. The van der Waals surface area contributed by atoms with Gasteiger partial charge in [0, 0.05) is 37.3 Å². The van der Waals surface area contributed by atoms with Crippen LogP contribution in [0.5, 0.6) is 0 Å². The molecule has 8 nitrogen and oxygen atoms in total. The van der Waals surface area contributed by atoms with Gasteiger partial charge < -0.3 is 4.90 Å². The number of carbonyl (C=O) groups excluding carboxylic acids is 1. The Kier molecular flexibility index (Phi) is 5.86. The molecule has 5 rings (SSSR count). The molecule has 2 heterocycles. The topological polar surface area (TPSA) is 95.1 Å². The van der Waals surface area contributed by atoms with E-state index in [1.807, 2.05) is 0 Å². The van der Waals surface area contributed by atoms with E-state index in [1.54, 1.807) is 36.4 Å². The predicted molar refractivity (Wildman–Crippen MR) is 128 cm³/mol. The molecule has 1 amide bonds. The van der Waals surface area contributed by atoms with Crippen molar-refractivity contribution in [2.24, 2.45) is 0 Å². The van der Waals surface area contributed by atoms with Crippen LogP contribution >= 0.6 is 0 Å². The maximum absolute atomic E-state index is 14.0. The number of hydrogen-bond acceptors (Lipinski definition) is 5. The van der Waals surface area contributed by atoms with Crippen molar-refractivity contribution < 1.29 is 26.0 Å². The SMILES string of the molecule is O=C(CN1c2ccc(F)cc2-c2ccccc2S1(=O)=O)N1CCN(S(=O)(=O)c2ccccc2)CC1. The Bertz CT molecular complexity index is 1500. The first-order chi connectivity index (χ1) is 16.7. The minimum absolute atomic E-state index is 0.00433. The summed E-state index contributed by atoms with van der Waals surface area (Å²) in [4.78, 5) is 14.8. The minimum atomic E-state index is -4.06. The zero-order valence-electron chi connectivity index (χ0n) is 18.5. The number of benzene rings is 3. The third kappa shape index (κ3) is 4.09. The van der Waals surface area contributed by atoms with Crippen molar-refractivity contribution >= 4 is 31.6 Å². The molecule has 2 aliphatic heterocycles. The largest absolute Gasteiger partial charge is 0.338 e. The summed E-state index contributed by atoms with van der Waals surface area (Å²) in [6, 6.07) is 18.1. The van der Waals surface area contributed by atoms with Gasteiger partial charge in [-0.1, -0.05) is 36.4 Å². The molecule has 0 radical (unpaired) electrons. The van der Waals surface area contributed by atoms with Crippen molar-refractivity contribution in [3.05, 3.63) is 78.6 Å². The lowest BCUT2D eigenvalue weighted by Crippen LogP contribution is -2.53. The van der Waals surface area contributed by atoms with Crippen LogP contribution < -0.4 is 4.31 Å². The first-order valence-electron chi connectivity index (χ1n) is 10.9. The molecule has 0 spiro atoms. The van der Waals surface area contributed by atoms with Crippen molar-refractivity contribution in [2.75, 3.05) is 37.0 Å².